The maximum Gasteiger partial charge on any atom is 0.138 e. The Labute approximate surface area is 132 Å². The number of aromatic nitrogens is 2. The highest BCUT2D eigenvalue weighted by molar-refractivity contribution is 7.17. The van der Waals surface area contributed by atoms with Crippen LogP contribution >= 0.6 is 22.9 Å². The zero-order valence-electron chi connectivity index (χ0n) is 11.3. The highest BCUT2D eigenvalue weighted by Crippen LogP contribution is 2.36. The van der Waals surface area contributed by atoms with Crippen LogP contribution in [0.4, 0.5) is 5.82 Å². The fraction of sp³-hybridized carbons (Fsp3) is 0.200. The topological polar surface area (TPSA) is 63.8 Å². The van der Waals surface area contributed by atoms with E-state index in [2.05, 4.69) is 20.7 Å². The monoisotopic (exact) mass is 318 g/mol. The Kier molecular flexibility index (Phi) is 4.34. The molecule has 3 N–H and O–H groups in total. The molecule has 4 nitrogen and oxygen atoms in total. The minimum Gasteiger partial charge on any atom is -0.369 e. The first kappa shape index (κ1) is 14.3. The van der Waals surface area contributed by atoms with Crippen molar-refractivity contribution in [3.63, 3.8) is 0 Å². The van der Waals surface area contributed by atoms with E-state index in [0.29, 0.717) is 6.54 Å². The van der Waals surface area contributed by atoms with E-state index in [1.54, 1.807) is 17.7 Å². The molecule has 2 heterocycles. The van der Waals surface area contributed by atoms with Crippen molar-refractivity contribution in [1.29, 1.82) is 0 Å². The van der Waals surface area contributed by atoms with Gasteiger partial charge in [-0.2, -0.15) is 0 Å². The fourth-order valence-corrected chi connectivity index (χ4v) is 3.20. The van der Waals surface area contributed by atoms with Gasteiger partial charge in [-0.3, -0.25) is 0 Å². The molecule has 0 saturated carbocycles. The van der Waals surface area contributed by atoms with Gasteiger partial charge in [-0.15, -0.1) is 11.3 Å². The largest absolute Gasteiger partial charge is 0.369 e. The summed E-state index contributed by atoms with van der Waals surface area (Å²) in [5.74, 6) is 0.861. The quantitative estimate of drug-likeness (QED) is 0.703. The van der Waals surface area contributed by atoms with Gasteiger partial charge < -0.3 is 11.1 Å². The number of nitrogens with zero attached hydrogens (tertiary/aromatic N) is 2. The van der Waals surface area contributed by atoms with Crippen LogP contribution in [-0.4, -0.2) is 23.1 Å². The number of nitrogens with one attached hydrogen (secondary N) is 1. The number of anilines is 1. The smallest absolute Gasteiger partial charge is 0.138 e. The lowest BCUT2D eigenvalue weighted by Gasteiger charge is -2.07. The van der Waals surface area contributed by atoms with Crippen LogP contribution in [0.3, 0.4) is 0 Å². The second-order valence-corrected chi connectivity index (χ2v) is 5.92. The van der Waals surface area contributed by atoms with E-state index in [1.807, 2.05) is 24.3 Å². The molecule has 0 aliphatic heterocycles. The maximum absolute atomic E-state index is 5.96. The molecule has 3 aromatic rings. The second-order valence-electron chi connectivity index (χ2n) is 4.63. The Morgan fingerprint density at radius 2 is 2.00 bits per heavy atom. The van der Waals surface area contributed by atoms with Gasteiger partial charge in [0.2, 0.25) is 0 Å². The molecule has 1 aromatic carbocycles. The molecule has 0 aliphatic carbocycles. The zero-order valence-corrected chi connectivity index (χ0v) is 12.9. The first-order valence-corrected chi connectivity index (χ1v) is 7.97. The molecule has 0 spiro atoms. The maximum atomic E-state index is 5.96. The van der Waals surface area contributed by atoms with Gasteiger partial charge >= 0.3 is 0 Å². The van der Waals surface area contributed by atoms with E-state index >= 15 is 0 Å². The summed E-state index contributed by atoms with van der Waals surface area (Å²) in [6, 6.07) is 7.82. The molecule has 2 aromatic heterocycles. The minimum atomic E-state index is 0.662. The molecule has 6 heteroatoms. The summed E-state index contributed by atoms with van der Waals surface area (Å²) in [5, 5.41) is 7.24. The van der Waals surface area contributed by atoms with E-state index in [-0.39, 0.29) is 0 Å². The van der Waals surface area contributed by atoms with Crippen molar-refractivity contribution in [3.8, 4) is 11.1 Å². The number of halogens is 1. The molecular formula is C15H15ClN4S. The van der Waals surface area contributed by atoms with Gasteiger partial charge in [0.1, 0.15) is 17.0 Å². The number of benzene rings is 1. The summed E-state index contributed by atoms with van der Waals surface area (Å²) in [6.45, 7) is 1.47. The van der Waals surface area contributed by atoms with Gasteiger partial charge in [-0.05, 0) is 30.7 Å². The normalized spacial score (nSPS) is 11.0. The molecule has 0 unspecified atom stereocenters. The summed E-state index contributed by atoms with van der Waals surface area (Å²) in [4.78, 5) is 9.70. The Balaban J connectivity index is 2.04. The van der Waals surface area contributed by atoms with E-state index in [4.69, 9.17) is 17.3 Å². The van der Waals surface area contributed by atoms with Gasteiger partial charge in [-0.1, -0.05) is 23.7 Å². The van der Waals surface area contributed by atoms with E-state index in [0.717, 1.165) is 45.1 Å². The lowest BCUT2D eigenvalue weighted by molar-refractivity contribution is 0.871. The summed E-state index contributed by atoms with van der Waals surface area (Å²) in [5.41, 5.74) is 7.78. The third-order valence-corrected chi connectivity index (χ3v) is 4.34. The Hall–Kier alpha value is -1.69. The highest BCUT2D eigenvalue weighted by atomic mass is 35.5. The van der Waals surface area contributed by atoms with Crippen molar-refractivity contribution >= 4 is 39.0 Å². The fourth-order valence-electron chi connectivity index (χ4n) is 2.16. The van der Waals surface area contributed by atoms with Crippen molar-refractivity contribution in [2.75, 3.05) is 18.4 Å². The molecule has 0 amide bonds. The molecule has 3 rings (SSSR count). The van der Waals surface area contributed by atoms with E-state index in [9.17, 15) is 0 Å². The lowest BCUT2D eigenvalue weighted by Crippen LogP contribution is -2.09. The summed E-state index contributed by atoms with van der Waals surface area (Å²) in [6.07, 6.45) is 2.50. The molecular weight excluding hydrogens is 304 g/mol. The first-order valence-electron chi connectivity index (χ1n) is 6.71. The summed E-state index contributed by atoms with van der Waals surface area (Å²) in [7, 11) is 0. The molecule has 0 bridgehead atoms. The molecule has 0 saturated heterocycles. The average molecular weight is 319 g/mol. The predicted molar refractivity (Wildman–Crippen MR) is 90.0 cm³/mol. The van der Waals surface area contributed by atoms with Crippen LogP contribution in [0.2, 0.25) is 5.02 Å². The number of rotatable bonds is 5. The molecule has 108 valence electrons. The van der Waals surface area contributed by atoms with Crippen molar-refractivity contribution in [3.05, 3.63) is 41.0 Å². The Morgan fingerprint density at radius 1 is 1.19 bits per heavy atom. The Morgan fingerprint density at radius 3 is 2.76 bits per heavy atom. The van der Waals surface area contributed by atoms with Gasteiger partial charge in [0.25, 0.3) is 0 Å². The number of fused-ring (bicyclic) bond motifs is 1. The van der Waals surface area contributed by atoms with E-state index < -0.39 is 0 Å². The van der Waals surface area contributed by atoms with Crippen LogP contribution in [0, 0.1) is 0 Å². The van der Waals surface area contributed by atoms with Crippen molar-refractivity contribution in [2.24, 2.45) is 5.73 Å². The van der Waals surface area contributed by atoms with Gasteiger partial charge in [-0.25, -0.2) is 9.97 Å². The number of hydrogen-bond acceptors (Lipinski definition) is 5. The number of thiophene rings is 1. The average Bonchev–Trinajstić information content (AvgIpc) is 2.93. The number of hydrogen-bond donors (Lipinski definition) is 2. The van der Waals surface area contributed by atoms with Crippen LogP contribution in [0.25, 0.3) is 21.3 Å². The van der Waals surface area contributed by atoms with Gasteiger partial charge in [0.05, 0.1) is 5.39 Å². The zero-order chi connectivity index (χ0) is 14.7. The van der Waals surface area contributed by atoms with Gasteiger partial charge in [0, 0.05) is 22.5 Å². The summed E-state index contributed by atoms with van der Waals surface area (Å²) < 4.78 is 0. The van der Waals surface area contributed by atoms with Crippen LogP contribution in [0.5, 0.6) is 0 Å². The van der Waals surface area contributed by atoms with Gasteiger partial charge in [0.15, 0.2) is 0 Å². The van der Waals surface area contributed by atoms with E-state index in [1.165, 1.54) is 0 Å². The van der Waals surface area contributed by atoms with Crippen molar-refractivity contribution < 1.29 is 0 Å². The van der Waals surface area contributed by atoms with Crippen molar-refractivity contribution in [1.82, 2.24) is 9.97 Å². The third-order valence-electron chi connectivity index (χ3n) is 3.20. The first-order chi connectivity index (χ1) is 10.3. The highest BCUT2D eigenvalue weighted by Gasteiger charge is 2.12. The number of nitrogens with two attached hydrogens (primary N) is 1. The second kappa shape index (κ2) is 6.39. The Bertz CT molecular complexity index is 739. The SMILES string of the molecule is NCCCNc1ncnc2scc(-c3ccc(Cl)cc3)c12. The molecule has 0 atom stereocenters. The van der Waals surface area contributed by atoms with Crippen LogP contribution in [0.15, 0.2) is 36.0 Å². The molecule has 0 aliphatic rings. The predicted octanol–water partition coefficient (Wildman–Crippen LogP) is 3.77. The molecule has 0 fully saturated rings. The van der Waals surface area contributed by atoms with Crippen LogP contribution < -0.4 is 11.1 Å². The standard InChI is InChI=1S/C15H15ClN4S/c16-11-4-2-10(3-5-11)12-8-21-15-13(12)14(19-9-20-15)18-7-1-6-17/h2-5,8-9H,1,6-7,17H2,(H,18,19,20). The van der Waals surface area contributed by atoms with Crippen LogP contribution in [0.1, 0.15) is 6.42 Å². The molecule has 21 heavy (non-hydrogen) atoms. The lowest BCUT2D eigenvalue weighted by atomic mass is 10.1. The molecule has 0 radical (unpaired) electrons. The minimum absolute atomic E-state index is 0.662. The summed E-state index contributed by atoms with van der Waals surface area (Å²) >= 11 is 7.58. The third kappa shape index (κ3) is 3.00. The van der Waals surface area contributed by atoms with Crippen LogP contribution in [-0.2, 0) is 0 Å². The van der Waals surface area contributed by atoms with Crippen molar-refractivity contribution in [2.45, 2.75) is 6.42 Å².